The van der Waals surface area contributed by atoms with Crippen molar-refractivity contribution in [3.05, 3.63) is 92.5 Å². The molecule has 0 saturated carbocycles. The molecule has 0 saturated heterocycles. The highest BCUT2D eigenvalue weighted by Crippen LogP contribution is 2.25. The molecular formula is C25H25BrIN3O4S. The summed E-state index contributed by atoms with van der Waals surface area (Å²) in [7, 11) is -2.55. The van der Waals surface area contributed by atoms with Gasteiger partial charge in [-0.25, -0.2) is 8.42 Å². The third kappa shape index (κ3) is 6.83. The number of rotatable bonds is 9. The minimum absolute atomic E-state index is 0.0742. The summed E-state index contributed by atoms with van der Waals surface area (Å²) in [6.45, 7) is 1.30. The summed E-state index contributed by atoms with van der Waals surface area (Å²) in [5.74, 6) is -0.843. The first-order valence-corrected chi connectivity index (χ1v) is 14.0. The van der Waals surface area contributed by atoms with Gasteiger partial charge in [0.15, 0.2) is 0 Å². The Morgan fingerprint density at radius 1 is 0.971 bits per heavy atom. The number of amides is 2. The van der Waals surface area contributed by atoms with Crippen molar-refractivity contribution in [3.8, 4) is 0 Å². The van der Waals surface area contributed by atoms with Crippen molar-refractivity contribution in [2.75, 3.05) is 17.9 Å². The Bertz CT molecular complexity index is 1270. The summed E-state index contributed by atoms with van der Waals surface area (Å²) in [4.78, 5) is 27.6. The Kier molecular flexibility index (Phi) is 9.31. The number of nitrogens with zero attached hydrogens (tertiary/aromatic N) is 2. The molecule has 0 spiro atoms. The zero-order valence-electron chi connectivity index (χ0n) is 19.2. The van der Waals surface area contributed by atoms with E-state index in [-0.39, 0.29) is 17.3 Å². The zero-order valence-corrected chi connectivity index (χ0v) is 23.7. The smallest absolute Gasteiger partial charge is 0.264 e. The summed E-state index contributed by atoms with van der Waals surface area (Å²) >= 11 is 5.53. The van der Waals surface area contributed by atoms with Crippen LogP contribution in [0.1, 0.15) is 12.5 Å². The van der Waals surface area contributed by atoms with Gasteiger partial charge in [-0.2, -0.15) is 0 Å². The molecule has 0 bridgehead atoms. The van der Waals surface area contributed by atoms with Gasteiger partial charge in [0.1, 0.15) is 12.6 Å². The number of halogens is 2. The van der Waals surface area contributed by atoms with Crippen LogP contribution in [0, 0.1) is 3.57 Å². The largest absolute Gasteiger partial charge is 0.357 e. The molecule has 35 heavy (non-hydrogen) atoms. The monoisotopic (exact) mass is 669 g/mol. The Balaban J connectivity index is 2.00. The van der Waals surface area contributed by atoms with Gasteiger partial charge in [0.25, 0.3) is 10.0 Å². The Morgan fingerprint density at radius 2 is 1.57 bits per heavy atom. The maximum absolute atomic E-state index is 13.6. The van der Waals surface area contributed by atoms with Gasteiger partial charge in [-0.3, -0.25) is 13.9 Å². The van der Waals surface area contributed by atoms with Crippen molar-refractivity contribution in [3.63, 3.8) is 0 Å². The van der Waals surface area contributed by atoms with Crippen molar-refractivity contribution in [1.82, 2.24) is 10.2 Å². The number of anilines is 1. The fourth-order valence-corrected chi connectivity index (χ4v) is 5.49. The van der Waals surface area contributed by atoms with E-state index in [0.717, 1.165) is 17.9 Å². The highest BCUT2D eigenvalue weighted by molar-refractivity contribution is 14.1. The minimum atomic E-state index is -4.05. The first kappa shape index (κ1) is 27.2. The maximum atomic E-state index is 13.6. The maximum Gasteiger partial charge on any atom is 0.264 e. The van der Waals surface area contributed by atoms with E-state index < -0.39 is 28.5 Å². The topological polar surface area (TPSA) is 86.8 Å². The summed E-state index contributed by atoms with van der Waals surface area (Å²) in [6.07, 6.45) is 0. The van der Waals surface area contributed by atoms with Crippen molar-refractivity contribution < 1.29 is 18.0 Å². The molecular weight excluding hydrogens is 645 g/mol. The standard InChI is InChI=1S/C25H25BrIN3O4S/c1-18(25(32)28-2)29(16-19-8-10-20(26)11-9-19)24(31)17-30(22-14-12-21(27)13-15-22)35(33,34)23-6-4-3-5-7-23/h3-15,18H,16-17H2,1-2H3,(H,28,32)/t18-/m0/s1. The number of benzene rings is 3. The third-order valence-electron chi connectivity index (χ3n) is 5.40. The van der Waals surface area contributed by atoms with E-state index in [4.69, 9.17) is 0 Å². The van der Waals surface area contributed by atoms with Gasteiger partial charge >= 0.3 is 0 Å². The van der Waals surface area contributed by atoms with Crippen LogP contribution in [0.3, 0.4) is 0 Å². The number of likely N-dealkylation sites (N-methyl/N-ethyl adjacent to an activating group) is 1. The quantitative estimate of drug-likeness (QED) is 0.342. The number of hydrogen-bond donors (Lipinski definition) is 1. The number of carbonyl (C=O) groups excluding carboxylic acids is 2. The lowest BCUT2D eigenvalue weighted by Crippen LogP contribution is -2.50. The molecule has 3 aromatic rings. The van der Waals surface area contributed by atoms with Crippen LogP contribution in [0.4, 0.5) is 5.69 Å². The highest BCUT2D eigenvalue weighted by atomic mass is 127. The summed E-state index contributed by atoms with van der Waals surface area (Å²) in [5, 5.41) is 2.57. The van der Waals surface area contributed by atoms with Crippen LogP contribution in [-0.4, -0.2) is 44.8 Å². The number of carbonyl (C=O) groups is 2. The van der Waals surface area contributed by atoms with Gasteiger partial charge in [0.05, 0.1) is 10.6 Å². The van der Waals surface area contributed by atoms with E-state index in [1.807, 2.05) is 24.3 Å². The normalized spacial score (nSPS) is 12.0. The fourth-order valence-electron chi connectivity index (χ4n) is 3.43. The third-order valence-corrected chi connectivity index (χ3v) is 8.44. The van der Waals surface area contributed by atoms with Crippen LogP contribution in [0.15, 0.2) is 88.2 Å². The number of hydrogen-bond acceptors (Lipinski definition) is 4. The first-order valence-electron chi connectivity index (χ1n) is 10.7. The SMILES string of the molecule is CNC(=O)[C@H](C)N(Cc1ccc(Br)cc1)C(=O)CN(c1ccc(I)cc1)S(=O)(=O)c1ccccc1. The van der Waals surface area contributed by atoms with Crippen molar-refractivity contribution in [2.24, 2.45) is 0 Å². The molecule has 10 heteroatoms. The molecule has 0 aromatic heterocycles. The fraction of sp³-hybridized carbons (Fsp3) is 0.200. The second-order valence-corrected chi connectivity index (χ2v) is 11.8. The molecule has 2 amide bonds. The van der Waals surface area contributed by atoms with Crippen molar-refractivity contribution in [1.29, 1.82) is 0 Å². The van der Waals surface area contributed by atoms with Crippen LogP contribution >= 0.6 is 38.5 Å². The van der Waals surface area contributed by atoms with Gasteiger partial charge in [-0.15, -0.1) is 0 Å². The van der Waals surface area contributed by atoms with Crippen LogP contribution in [0.2, 0.25) is 0 Å². The highest BCUT2D eigenvalue weighted by Gasteiger charge is 2.32. The van der Waals surface area contributed by atoms with Gasteiger partial charge in [-0.1, -0.05) is 46.3 Å². The molecule has 0 fully saturated rings. The van der Waals surface area contributed by atoms with Crippen LogP contribution in [0.5, 0.6) is 0 Å². The van der Waals surface area contributed by atoms with Crippen LogP contribution in [-0.2, 0) is 26.2 Å². The van der Waals surface area contributed by atoms with E-state index in [0.29, 0.717) is 5.69 Å². The van der Waals surface area contributed by atoms with E-state index in [9.17, 15) is 18.0 Å². The molecule has 1 atom stereocenters. The predicted octanol–water partition coefficient (Wildman–Crippen LogP) is 4.41. The van der Waals surface area contributed by atoms with Gasteiger partial charge < -0.3 is 10.2 Å². The molecule has 1 N–H and O–H groups in total. The molecule has 7 nitrogen and oxygen atoms in total. The minimum Gasteiger partial charge on any atom is -0.357 e. The second-order valence-electron chi connectivity index (χ2n) is 7.74. The molecule has 0 radical (unpaired) electrons. The number of nitrogens with one attached hydrogen (secondary N) is 1. The van der Waals surface area contributed by atoms with Gasteiger partial charge in [0.2, 0.25) is 11.8 Å². The van der Waals surface area contributed by atoms with E-state index in [1.54, 1.807) is 49.4 Å². The van der Waals surface area contributed by atoms with Crippen LogP contribution in [0.25, 0.3) is 0 Å². The Hall–Kier alpha value is -2.44. The number of sulfonamides is 1. The molecule has 0 aliphatic heterocycles. The summed E-state index contributed by atoms with van der Waals surface area (Å²) in [6, 6.07) is 21.4. The van der Waals surface area contributed by atoms with Crippen molar-refractivity contribution >= 4 is 66.0 Å². The average molecular weight is 670 g/mol. The summed E-state index contributed by atoms with van der Waals surface area (Å²) < 4.78 is 30.1. The Labute approximate surface area is 227 Å². The molecule has 184 valence electrons. The molecule has 3 aromatic carbocycles. The van der Waals surface area contributed by atoms with Gasteiger partial charge in [0, 0.05) is 21.6 Å². The molecule has 0 unspecified atom stereocenters. The molecule has 3 rings (SSSR count). The molecule has 0 heterocycles. The lowest BCUT2D eigenvalue weighted by Gasteiger charge is -2.31. The van der Waals surface area contributed by atoms with Gasteiger partial charge in [-0.05, 0) is 83.6 Å². The summed E-state index contributed by atoms with van der Waals surface area (Å²) in [5.41, 5.74) is 1.17. The average Bonchev–Trinajstić information content (AvgIpc) is 2.87. The van der Waals surface area contributed by atoms with E-state index in [2.05, 4.69) is 43.8 Å². The molecule has 0 aliphatic rings. The second kappa shape index (κ2) is 12.0. The van der Waals surface area contributed by atoms with Crippen molar-refractivity contribution in [2.45, 2.75) is 24.4 Å². The lowest BCUT2D eigenvalue weighted by atomic mass is 10.1. The molecule has 0 aliphatic carbocycles. The predicted molar refractivity (Wildman–Crippen MR) is 148 cm³/mol. The van der Waals surface area contributed by atoms with Crippen LogP contribution < -0.4 is 9.62 Å². The zero-order chi connectivity index (χ0) is 25.6. The van der Waals surface area contributed by atoms with E-state index in [1.165, 1.54) is 24.1 Å². The Morgan fingerprint density at radius 3 is 2.14 bits per heavy atom. The van der Waals surface area contributed by atoms with E-state index >= 15 is 0 Å². The first-order chi connectivity index (χ1) is 16.6. The lowest BCUT2D eigenvalue weighted by molar-refractivity contribution is -0.139.